The minimum Gasteiger partial charge on any atom is -0.394 e. The molecule has 6 heteroatoms. The van der Waals surface area contributed by atoms with Gasteiger partial charge >= 0.3 is 6.18 Å². The molecule has 0 aromatic heterocycles. The Kier molecular flexibility index (Phi) is 6.22. The summed E-state index contributed by atoms with van der Waals surface area (Å²) in [5.74, 6) is -1.16. The monoisotopic (exact) mass is 255 g/mol. The average molecular weight is 255 g/mol. The molecule has 1 rings (SSSR count). The molecule has 3 nitrogen and oxygen atoms in total. The molecule has 102 valence electrons. The lowest BCUT2D eigenvalue weighted by molar-refractivity contribution is -0.183. The molecule has 2 unspecified atom stereocenters. The molecule has 0 radical (unpaired) electrons. The molecule has 0 aliphatic heterocycles. The van der Waals surface area contributed by atoms with E-state index in [1.807, 2.05) is 0 Å². The number of halogens is 3. The third kappa shape index (κ3) is 5.70. The molecule has 1 fully saturated rings. The first-order valence-corrected chi connectivity index (χ1v) is 6.02. The van der Waals surface area contributed by atoms with Gasteiger partial charge in [0.15, 0.2) is 0 Å². The zero-order valence-corrected chi connectivity index (χ0v) is 9.80. The van der Waals surface area contributed by atoms with E-state index in [1.54, 1.807) is 0 Å². The van der Waals surface area contributed by atoms with E-state index >= 15 is 0 Å². The average Bonchev–Trinajstić information content (AvgIpc) is 2.28. The second-order valence-corrected chi connectivity index (χ2v) is 4.39. The van der Waals surface area contributed by atoms with Crippen molar-refractivity contribution in [2.24, 2.45) is 5.92 Å². The highest BCUT2D eigenvalue weighted by Gasteiger charge is 2.41. The Balaban J connectivity index is 2.17. The van der Waals surface area contributed by atoms with Crippen molar-refractivity contribution in [3.8, 4) is 0 Å². The van der Waals surface area contributed by atoms with Gasteiger partial charge in [0.2, 0.25) is 0 Å². The van der Waals surface area contributed by atoms with Crippen LogP contribution in [0.4, 0.5) is 13.2 Å². The summed E-state index contributed by atoms with van der Waals surface area (Å²) in [6.45, 7) is 1.21. The molecule has 0 aromatic carbocycles. The zero-order chi connectivity index (χ0) is 12.7. The van der Waals surface area contributed by atoms with Gasteiger partial charge < -0.3 is 15.2 Å². The molecular formula is C11H20F3NO2. The van der Waals surface area contributed by atoms with Crippen molar-refractivity contribution in [3.63, 3.8) is 0 Å². The van der Waals surface area contributed by atoms with Crippen molar-refractivity contribution in [3.05, 3.63) is 0 Å². The van der Waals surface area contributed by atoms with Gasteiger partial charge in [0.1, 0.15) is 0 Å². The predicted octanol–water partition coefficient (Wildman–Crippen LogP) is 1.71. The standard InChI is InChI=1S/C11H20F3NO2/c12-11(13,14)9-2-1-3-10(8-9)15-4-6-17-7-5-16/h9-10,15-16H,1-8H2. The number of aliphatic hydroxyl groups is 1. The van der Waals surface area contributed by atoms with Crippen molar-refractivity contribution in [1.29, 1.82) is 0 Å². The maximum atomic E-state index is 12.5. The van der Waals surface area contributed by atoms with Gasteiger partial charge in [-0.2, -0.15) is 13.2 Å². The highest BCUT2D eigenvalue weighted by Crippen LogP contribution is 2.37. The van der Waals surface area contributed by atoms with E-state index in [0.29, 0.717) is 19.6 Å². The topological polar surface area (TPSA) is 41.5 Å². The Bertz CT molecular complexity index is 211. The van der Waals surface area contributed by atoms with Gasteiger partial charge in [0.25, 0.3) is 0 Å². The number of hydrogen-bond donors (Lipinski definition) is 2. The summed E-state index contributed by atoms with van der Waals surface area (Å²) in [4.78, 5) is 0. The second-order valence-electron chi connectivity index (χ2n) is 4.39. The summed E-state index contributed by atoms with van der Waals surface area (Å²) >= 11 is 0. The maximum Gasteiger partial charge on any atom is 0.391 e. The zero-order valence-electron chi connectivity index (χ0n) is 9.80. The van der Waals surface area contributed by atoms with Crippen molar-refractivity contribution < 1.29 is 23.0 Å². The smallest absolute Gasteiger partial charge is 0.391 e. The fourth-order valence-electron chi connectivity index (χ4n) is 2.17. The van der Waals surface area contributed by atoms with E-state index in [0.717, 1.165) is 6.42 Å². The first kappa shape index (κ1) is 14.7. The van der Waals surface area contributed by atoms with Gasteiger partial charge in [-0.1, -0.05) is 6.42 Å². The third-order valence-corrected chi connectivity index (χ3v) is 3.05. The molecule has 1 aliphatic carbocycles. The molecule has 2 atom stereocenters. The third-order valence-electron chi connectivity index (χ3n) is 3.05. The van der Waals surface area contributed by atoms with Crippen LogP contribution < -0.4 is 5.32 Å². The van der Waals surface area contributed by atoms with Crippen molar-refractivity contribution in [2.45, 2.75) is 37.9 Å². The molecule has 2 N–H and O–H groups in total. The predicted molar refractivity (Wildman–Crippen MR) is 57.7 cm³/mol. The van der Waals surface area contributed by atoms with E-state index in [1.165, 1.54) is 0 Å². The summed E-state index contributed by atoms with van der Waals surface area (Å²) in [7, 11) is 0. The van der Waals surface area contributed by atoms with Gasteiger partial charge in [0, 0.05) is 12.6 Å². The lowest BCUT2D eigenvalue weighted by atomic mass is 9.85. The number of alkyl halides is 3. The Morgan fingerprint density at radius 1 is 1.24 bits per heavy atom. The van der Waals surface area contributed by atoms with Gasteiger partial charge in [-0.25, -0.2) is 0 Å². The SMILES string of the molecule is OCCOCCNC1CCCC(C(F)(F)F)C1. The minimum absolute atomic E-state index is 0.0282. The van der Waals surface area contributed by atoms with Crippen molar-refractivity contribution in [2.75, 3.05) is 26.4 Å². The number of ether oxygens (including phenoxy) is 1. The summed E-state index contributed by atoms with van der Waals surface area (Å²) in [6, 6.07) is -0.0619. The van der Waals surface area contributed by atoms with Crippen LogP contribution >= 0.6 is 0 Å². The van der Waals surface area contributed by atoms with Crippen LogP contribution in [0.2, 0.25) is 0 Å². The van der Waals surface area contributed by atoms with Gasteiger partial charge in [-0.15, -0.1) is 0 Å². The highest BCUT2D eigenvalue weighted by molar-refractivity contribution is 4.81. The van der Waals surface area contributed by atoms with Crippen molar-refractivity contribution >= 4 is 0 Å². The summed E-state index contributed by atoms with van der Waals surface area (Å²) in [6.07, 6.45) is -2.22. The molecule has 0 spiro atoms. The highest BCUT2D eigenvalue weighted by atomic mass is 19.4. The van der Waals surface area contributed by atoms with Crippen LogP contribution in [0.15, 0.2) is 0 Å². The van der Waals surface area contributed by atoms with Crippen molar-refractivity contribution in [1.82, 2.24) is 5.32 Å². The van der Waals surface area contributed by atoms with E-state index in [4.69, 9.17) is 9.84 Å². The summed E-state index contributed by atoms with van der Waals surface area (Å²) in [5.41, 5.74) is 0. The van der Waals surface area contributed by atoms with Gasteiger partial charge in [0.05, 0.1) is 25.7 Å². The largest absolute Gasteiger partial charge is 0.394 e. The molecule has 0 amide bonds. The van der Waals surface area contributed by atoms with Crippen LogP contribution in [0, 0.1) is 5.92 Å². The van der Waals surface area contributed by atoms with E-state index in [9.17, 15) is 13.2 Å². The van der Waals surface area contributed by atoms with Crippen LogP contribution in [-0.4, -0.2) is 43.7 Å². The molecule has 17 heavy (non-hydrogen) atoms. The fourth-order valence-corrected chi connectivity index (χ4v) is 2.17. The molecular weight excluding hydrogens is 235 g/mol. The Morgan fingerprint density at radius 3 is 2.65 bits per heavy atom. The number of nitrogens with one attached hydrogen (secondary N) is 1. The Morgan fingerprint density at radius 2 is 2.00 bits per heavy atom. The minimum atomic E-state index is -4.06. The lowest BCUT2D eigenvalue weighted by Gasteiger charge is -2.31. The molecule has 1 aliphatic rings. The summed E-state index contributed by atoms with van der Waals surface area (Å²) in [5, 5.41) is 11.5. The van der Waals surface area contributed by atoms with E-state index < -0.39 is 12.1 Å². The summed E-state index contributed by atoms with van der Waals surface area (Å²) < 4.78 is 42.6. The quantitative estimate of drug-likeness (QED) is 0.710. The van der Waals surface area contributed by atoms with Crippen LogP contribution in [0.5, 0.6) is 0 Å². The number of aliphatic hydroxyl groups excluding tert-OH is 1. The molecule has 1 saturated carbocycles. The first-order chi connectivity index (χ1) is 8.04. The maximum absolute atomic E-state index is 12.5. The first-order valence-electron chi connectivity index (χ1n) is 6.02. The normalized spacial score (nSPS) is 26.1. The molecule has 0 heterocycles. The second kappa shape index (κ2) is 7.18. The molecule has 0 bridgehead atoms. The molecule has 0 aromatic rings. The fraction of sp³-hybridized carbons (Fsp3) is 1.00. The number of hydrogen-bond acceptors (Lipinski definition) is 3. The van der Waals surface area contributed by atoms with Crippen LogP contribution in [0.1, 0.15) is 25.7 Å². The van der Waals surface area contributed by atoms with E-state index in [-0.39, 0.29) is 32.1 Å². The van der Waals surface area contributed by atoms with E-state index in [2.05, 4.69) is 5.32 Å². The lowest BCUT2D eigenvalue weighted by Crippen LogP contribution is -2.40. The van der Waals surface area contributed by atoms with Gasteiger partial charge in [-0.3, -0.25) is 0 Å². The van der Waals surface area contributed by atoms with Crippen LogP contribution in [0.3, 0.4) is 0 Å². The number of rotatable bonds is 6. The Labute approximate surface area is 99.3 Å². The van der Waals surface area contributed by atoms with Crippen LogP contribution in [-0.2, 0) is 4.74 Å². The Hall–Kier alpha value is -0.330. The molecule has 0 saturated heterocycles. The van der Waals surface area contributed by atoms with Gasteiger partial charge in [-0.05, 0) is 19.3 Å². The van der Waals surface area contributed by atoms with Crippen LogP contribution in [0.25, 0.3) is 0 Å².